The Morgan fingerprint density at radius 3 is 2.97 bits per heavy atom. The lowest BCUT2D eigenvalue weighted by molar-refractivity contribution is 0.102. The first-order chi connectivity index (χ1) is 14.0. The Morgan fingerprint density at radius 1 is 1.31 bits per heavy atom. The van der Waals surface area contributed by atoms with Gasteiger partial charge in [0.15, 0.2) is 0 Å². The van der Waals surface area contributed by atoms with Crippen molar-refractivity contribution >= 4 is 45.1 Å². The minimum absolute atomic E-state index is 0.153. The van der Waals surface area contributed by atoms with Crippen molar-refractivity contribution in [3.05, 3.63) is 63.7 Å². The molecule has 0 bridgehead atoms. The Balaban J connectivity index is 1.52. The van der Waals surface area contributed by atoms with Crippen molar-refractivity contribution in [1.82, 2.24) is 19.5 Å². The van der Waals surface area contributed by atoms with Crippen molar-refractivity contribution in [2.24, 2.45) is 7.05 Å². The van der Waals surface area contributed by atoms with Crippen molar-refractivity contribution in [2.45, 2.75) is 6.92 Å². The van der Waals surface area contributed by atoms with Gasteiger partial charge in [-0.25, -0.2) is 9.97 Å². The van der Waals surface area contributed by atoms with Gasteiger partial charge in [-0.2, -0.15) is 0 Å². The molecule has 4 aromatic heterocycles. The van der Waals surface area contributed by atoms with E-state index in [0.29, 0.717) is 11.4 Å². The highest BCUT2D eigenvalue weighted by molar-refractivity contribution is 7.13. The van der Waals surface area contributed by atoms with E-state index in [0.717, 1.165) is 21.7 Å². The van der Waals surface area contributed by atoms with Gasteiger partial charge in [0.05, 0.1) is 21.5 Å². The smallest absolute Gasteiger partial charge is 0.265 e. The molecule has 0 unspecified atom stereocenters. The van der Waals surface area contributed by atoms with E-state index in [1.165, 1.54) is 10.9 Å². The molecule has 0 spiro atoms. The third-order valence-corrected chi connectivity index (χ3v) is 5.55. The molecule has 0 aliphatic heterocycles. The van der Waals surface area contributed by atoms with E-state index in [1.807, 2.05) is 29.6 Å². The first-order valence-electron chi connectivity index (χ1n) is 8.81. The molecule has 0 saturated heterocycles. The van der Waals surface area contributed by atoms with Crippen LogP contribution in [0.25, 0.3) is 32.8 Å². The van der Waals surface area contributed by atoms with Gasteiger partial charge >= 0.3 is 0 Å². The van der Waals surface area contributed by atoms with Crippen LogP contribution in [0, 0.1) is 6.92 Å². The molecule has 0 radical (unpaired) electrons. The molecule has 4 heterocycles. The van der Waals surface area contributed by atoms with Crippen LogP contribution in [-0.2, 0) is 7.05 Å². The highest BCUT2D eigenvalue weighted by atomic mass is 32.1. The molecule has 8 nitrogen and oxygen atoms in total. The first-order valence-corrected chi connectivity index (χ1v) is 9.69. The van der Waals surface area contributed by atoms with Crippen molar-refractivity contribution in [3.63, 3.8) is 0 Å². The van der Waals surface area contributed by atoms with Gasteiger partial charge in [-0.15, -0.1) is 11.3 Å². The number of imidazole rings is 1. The third kappa shape index (κ3) is 2.83. The maximum Gasteiger partial charge on any atom is 0.265 e. The molecule has 9 heteroatoms. The lowest BCUT2D eigenvalue weighted by Gasteiger charge is -2.05. The predicted octanol–water partition coefficient (Wildman–Crippen LogP) is 3.69. The maximum atomic E-state index is 12.9. The average Bonchev–Trinajstić information content (AvgIpc) is 3.42. The minimum atomic E-state index is -0.427. The van der Waals surface area contributed by atoms with Gasteiger partial charge in [-0.05, 0) is 36.6 Å². The summed E-state index contributed by atoms with van der Waals surface area (Å²) in [5.41, 5.74) is 2.20. The van der Waals surface area contributed by atoms with E-state index in [4.69, 9.17) is 4.42 Å². The van der Waals surface area contributed by atoms with Crippen molar-refractivity contribution in [1.29, 1.82) is 0 Å². The number of furan rings is 1. The van der Waals surface area contributed by atoms with Crippen LogP contribution in [0.1, 0.15) is 16.1 Å². The molecule has 0 aliphatic carbocycles. The van der Waals surface area contributed by atoms with E-state index in [2.05, 4.69) is 20.3 Å². The number of thiophene rings is 1. The second-order valence-electron chi connectivity index (χ2n) is 6.62. The summed E-state index contributed by atoms with van der Waals surface area (Å²) in [6, 6.07) is 9.37. The number of amides is 1. The van der Waals surface area contributed by atoms with E-state index >= 15 is 0 Å². The van der Waals surface area contributed by atoms with E-state index in [-0.39, 0.29) is 22.2 Å². The Morgan fingerprint density at radius 2 is 2.17 bits per heavy atom. The fourth-order valence-corrected chi connectivity index (χ4v) is 3.94. The lowest BCUT2D eigenvalue weighted by Crippen LogP contribution is -2.20. The van der Waals surface area contributed by atoms with Crippen molar-refractivity contribution in [3.8, 4) is 10.7 Å². The van der Waals surface area contributed by atoms with Crippen LogP contribution in [0.15, 0.2) is 51.3 Å². The molecule has 5 rings (SSSR count). The van der Waals surface area contributed by atoms with Crippen LogP contribution in [0.4, 0.5) is 5.69 Å². The quantitative estimate of drug-likeness (QED) is 0.476. The largest absolute Gasteiger partial charge is 0.442 e. The summed E-state index contributed by atoms with van der Waals surface area (Å²) in [6.07, 6.45) is 1.37. The Bertz CT molecular complexity index is 1440. The number of carbonyl (C=O) groups is 1. The molecule has 144 valence electrons. The zero-order valence-corrected chi connectivity index (χ0v) is 16.3. The van der Waals surface area contributed by atoms with Crippen LogP contribution >= 0.6 is 11.3 Å². The topological polar surface area (TPSA) is 106 Å². The molecule has 5 aromatic rings. The molecule has 1 aromatic carbocycles. The number of carbonyl (C=O) groups excluding carboxylic acids is 1. The number of anilines is 1. The van der Waals surface area contributed by atoms with E-state index in [9.17, 15) is 9.59 Å². The highest BCUT2D eigenvalue weighted by Crippen LogP contribution is 2.27. The SMILES string of the molecule is Cc1oc2ncn(C)c(=O)c2c1C(=O)Nc1ccc2nc(-c3cccs3)[nH]c2c1. The minimum Gasteiger partial charge on any atom is -0.442 e. The molecule has 0 saturated carbocycles. The monoisotopic (exact) mass is 405 g/mol. The molecule has 0 atom stereocenters. The zero-order valence-electron chi connectivity index (χ0n) is 15.5. The van der Waals surface area contributed by atoms with Gasteiger partial charge in [0.25, 0.3) is 11.5 Å². The first kappa shape index (κ1) is 17.4. The van der Waals surface area contributed by atoms with Crippen LogP contribution in [0.5, 0.6) is 0 Å². The van der Waals surface area contributed by atoms with Crippen LogP contribution in [-0.4, -0.2) is 25.4 Å². The fourth-order valence-electron chi connectivity index (χ4n) is 3.27. The van der Waals surface area contributed by atoms with Crippen LogP contribution in [0.2, 0.25) is 0 Å². The second-order valence-corrected chi connectivity index (χ2v) is 7.57. The van der Waals surface area contributed by atoms with Crippen LogP contribution in [0.3, 0.4) is 0 Å². The fraction of sp³-hybridized carbons (Fsp3) is 0.100. The standard InChI is InChI=1S/C20H15N5O3S/c1-10-15(16-19(28-10)21-9-25(2)20(16)27)18(26)22-11-5-6-12-13(8-11)24-17(23-12)14-4-3-7-29-14/h3-9H,1-2H3,(H,22,26)(H,23,24). The molecule has 2 N–H and O–H groups in total. The number of aromatic nitrogens is 4. The number of fused-ring (bicyclic) bond motifs is 2. The zero-order chi connectivity index (χ0) is 20.1. The van der Waals surface area contributed by atoms with Crippen molar-refractivity contribution < 1.29 is 9.21 Å². The predicted molar refractivity (Wildman–Crippen MR) is 111 cm³/mol. The normalized spacial score (nSPS) is 11.4. The Kier molecular flexibility index (Phi) is 3.85. The van der Waals surface area contributed by atoms with E-state index < -0.39 is 5.91 Å². The third-order valence-electron chi connectivity index (χ3n) is 4.67. The van der Waals surface area contributed by atoms with Gasteiger partial charge in [0, 0.05) is 12.7 Å². The van der Waals surface area contributed by atoms with Crippen LogP contribution < -0.4 is 10.9 Å². The number of rotatable bonds is 3. The van der Waals surface area contributed by atoms with Gasteiger partial charge in [0.2, 0.25) is 5.71 Å². The molecule has 0 aliphatic rings. The number of H-pyrrole nitrogens is 1. The van der Waals surface area contributed by atoms with Crippen molar-refractivity contribution in [2.75, 3.05) is 5.32 Å². The maximum absolute atomic E-state index is 12.9. The number of hydrogen-bond acceptors (Lipinski definition) is 6. The summed E-state index contributed by atoms with van der Waals surface area (Å²) in [5, 5.41) is 5.00. The summed E-state index contributed by atoms with van der Waals surface area (Å²) < 4.78 is 6.82. The number of aromatic amines is 1. The van der Waals surface area contributed by atoms with Gasteiger partial charge in [0.1, 0.15) is 23.3 Å². The molecular weight excluding hydrogens is 390 g/mol. The van der Waals surface area contributed by atoms with Gasteiger partial charge < -0.3 is 19.3 Å². The summed E-state index contributed by atoms with van der Waals surface area (Å²) in [4.78, 5) is 38.4. The number of benzene rings is 1. The summed E-state index contributed by atoms with van der Waals surface area (Å²) in [5.74, 6) is 0.698. The number of aryl methyl sites for hydroxylation is 2. The summed E-state index contributed by atoms with van der Waals surface area (Å²) >= 11 is 1.60. The van der Waals surface area contributed by atoms with Gasteiger partial charge in [-0.3, -0.25) is 9.59 Å². The number of nitrogens with zero attached hydrogens (tertiary/aromatic N) is 3. The summed E-state index contributed by atoms with van der Waals surface area (Å²) in [6.45, 7) is 1.64. The van der Waals surface area contributed by atoms with E-state index in [1.54, 1.807) is 31.4 Å². The molecule has 1 amide bonds. The average molecular weight is 405 g/mol. The molecule has 29 heavy (non-hydrogen) atoms. The summed E-state index contributed by atoms with van der Waals surface area (Å²) in [7, 11) is 1.58. The lowest BCUT2D eigenvalue weighted by atomic mass is 10.1. The number of nitrogens with one attached hydrogen (secondary N) is 2. The molecular formula is C20H15N5O3S. The Labute approximate surface area is 167 Å². The molecule has 0 fully saturated rings. The Hall–Kier alpha value is -3.72. The van der Waals surface area contributed by atoms with Gasteiger partial charge in [-0.1, -0.05) is 6.07 Å². The second kappa shape index (κ2) is 6.42. The highest BCUT2D eigenvalue weighted by Gasteiger charge is 2.22. The number of hydrogen-bond donors (Lipinski definition) is 2.